The maximum absolute atomic E-state index is 8.98. The van der Waals surface area contributed by atoms with Gasteiger partial charge in [-0.15, -0.1) is 0 Å². The van der Waals surface area contributed by atoms with Crippen LogP contribution in [0.15, 0.2) is 24.5 Å². The summed E-state index contributed by atoms with van der Waals surface area (Å²) in [7, 11) is 0. The maximum Gasteiger partial charge on any atom is 0.127 e. The number of hydrogen-bond acceptors (Lipinski definition) is 4. The quantitative estimate of drug-likeness (QED) is 0.911. The van der Waals surface area contributed by atoms with E-state index in [1.165, 1.54) is 16.7 Å². The van der Waals surface area contributed by atoms with Crippen molar-refractivity contribution in [1.82, 2.24) is 9.78 Å². The van der Waals surface area contributed by atoms with E-state index in [9.17, 15) is 0 Å². The molecule has 0 aliphatic carbocycles. The molecule has 0 radical (unpaired) electrons. The number of aryl methyl sites for hydroxylation is 2. The van der Waals surface area contributed by atoms with Gasteiger partial charge in [0.2, 0.25) is 0 Å². The number of nitrogens with zero attached hydrogens (tertiary/aromatic N) is 2. The van der Waals surface area contributed by atoms with Crippen LogP contribution in [0.25, 0.3) is 0 Å². The first kappa shape index (κ1) is 14.9. The van der Waals surface area contributed by atoms with Gasteiger partial charge in [0.1, 0.15) is 5.75 Å². The monoisotopic (exact) mass is 301 g/mol. The summed E-state index contributed by atoms with van der Waals surface area (Å²) in [6.45, 7) is 5.60. The van der Waals surface area contributed by atoms with Crippen molar-refractivity contribution in [1.29, 1.82) is 0 Å². The van der Waals surface area contributed by atoms with Gasteiger partial charge in [-0.2, -0.15) is 5.10 Å². The smallest absolute Gasteiger partial charge is 0.127 e. The third-order valence-electron chi connectivity index (χ3n) is 4.01. The molecular formula is C17H23N3O2. The molecule has 0 bridgehead atoms. The molecular weight excluding hydrogens is 278 g/mol. The minimum Gasteiger partial charge on any atom is -0.493 e. The van der Waals surface area contributed by atoms with Gasteiger partial charge in [0.15, 0.2) is 0 Å². The van der Waals surface area contributed by atoms with Crippen LogP contribution in [0.2, 0.25) is 0 Å². The van der Waals surface area contributed by atoms with E-state index in [1.807, 2.05) is 12.4 Å². The predicted molar refractivity (Wildman–Crippen MR) is 86.3 cm³/mol. The van der Waals surface area contributed by atoms with E-state index in [-0.39, 0.29) is 12.6 Å². The molecule has 3 rings (SSSR count). The van der Waals surface area contributed by atoms with Crippen LogP contribution in [-0.4, -0.2) is 28.1 Å². The molecule has 1 aliphatic rings. The lowest BCUT2D eigenvalue weighted by molar-refractivity contribution is 0.269. The highest BCUT2D eigenvalue weighted by Crippen LogP contribution is 2.36. The lowest BCUT2D eigenvalue weighted by Gasteiger charge is -2.20. The van der Waals surface area contributed by atoms with Crippen LogP contribution in [0.4, 0.5) is 5.69 Å². The van der Waals surface area contributed by atoms with Crippen molar-refractivity contribution in [3.8, 4) is 5.75 Å². The number of benzene rings is 1. The molecule has 0 amide bonds. The van der Waals surface area contributed by atoms with Crippen molar-refractivity contribution in [3.63, 3.8) is 0 Å². The molecule has 0 saturated carbocycles. The fraction of sp³-hybridized carbons (Fsp3) is 0.471. The number of ether oxygens (including phenoxy) is 1. The molecule has 22 heavy (non-hydrogen) atoms. The number of aromatic nitrogens is 2. The molecule has 2 N–H and O–H groups in total. The van der Waals surface area contributed by atoms with E-state index in [4.69, 9.17) is 9.84 Å². The number of aliphatic hydroxyl groups is 1. The number of fused-ring (bicyclic) bond motifs is 1. The molecule has 1 aliphatic heterocycles. The van der Waals surface area contributed by atoms with Crippen molar-refractivity contribution in [2.45, 2.75) is 39.3 Å². The zero-order valence-corrected chi connectivity index (χ0v) is 13.2. The fourth-order valence-electron chi connectivity index (χ4n) is 3.07. The lowest BCUT2D eigenvalue weighted by Crippen LogP contribution is -2.10. The Bertz CT molecular complexity index is 651. The normalized spacial score (nSPS) is 17.5. The SMILES string of the molecule is Cc1cc(C)c2c(c1)C(Nc1cnn(CCO)c1)CCCO2. The molecule has 0 saturated heterocycles. The van der Waals surface area contributed by atoms with Crippen LogP contribution >= 0.6 is 0 Å². The number of aliphatic hydroxyl groups excluding tert-OH is 1. The molecule has 0 fully saturated rings. The summed E-state index contributed by atoms with van der Waals surface area (Å²) in [5, 5.41) is 16.8. The maximum atomic E-state index is 8.98. The van der Waals surface area contributed by atoms with E-state index < -0.39 is 0 Å². The molecule has 1 unspecified atom stereocenters. The molecule has 2 aromatic rings. The van der Waals surface area contributed by atoms with E-state index >= 15 is 0 Å². The van der Waals surface area contributed by atoms with Crippen LogP contribution in [0.5, 0.6) is 5.75 Å². The Labute approximate surface area is 130 Å². The molecule has 1 aromatic carbocycles. The second-order valence-corrected chi connectivity index (χ2v) is 5.90. The fourth-order valence-corrected chi connectivity index (χ4v) is 3.07. The second kappa shape index (κ2) is 6.40. The van der Waals surface area contributed by atoms with Crippen molar-refractivity contribution in [2.24, 2.45) is 0 Å². The largest absolute Gasteiger partial charge is 0.493 e. The average molecular weight is 301 g/mol. The molecule has 5 heteroatoms. The van der Waals surface area contributed by atoms with Crippen molar-refractivity contribution in [2.75, 3.05) is 18.5 Å². The number of anilines is 1. The Morgan fingerprint density at radius 2 is 2.27 bits per heavy atom. The number of hydrogen-bond donors (Lipinski definition) is 2. The summed E-state index contributed by atoms with van der Waals surface area (Å²) in [6.07, 6.45) is 5.80. The first-order valence-electron chi connectivity index (χ1n) is 7.81. The molecule has 1 atom stereocenters. The zero-order chi connectivity index (χ0) is 15.5. The average Bonchev–Trinajstić information content (AvgIpc) is 2.81. The molecule has 0 spiro atoms. The molecule has 1 aromatic heterocycles. The highest BCUT2D eigenvalue weighted by molar-refractivity contribution is 5.50. The summed E-state index contributed by atoms with van der Waals surface area (Å²) in [5.41, 5.74) is 4.65. The van der Waals surface area contributed by atoms with Crippen molar-refractivity contribution < 1.29 is 9.84 Å². The topological polar surface area (TPSA) is 59.3 Å². The summed E-state index contributed by atoms with van der Waals surface area (Å²) >= 11 is 0. The Morgan fingerprint density at radius 1 is 1.41 bits per heavy atom. The van der Waals surface area contributed by atoms with Crippen LogP contribution in [0.1, 0.15) is 35.6 Å². The van der Waals surface area contributed by atoms with Gasteiger partial charge < -0.3 is 15.2 Å². The van der Waals surface area contributed by atoms with Gasteiger partial charge in [-0.3, -0.25) is 4.68 Å². The van der Waals surface area contributed by atoms with Gasteiger partial charge in [0, 0.05) is 11.8 Å². The molecule has 118 valence electrons. The minimum atomic E-state index is 0.0968. The van der Waals surface area contributed by atoms with E-state index in [2.05, 4.69) is 36.4 Å². The summed E-state index contributed by atoms with van der Waals surface area (Å²) in [5.74, 6) is 1.02. The van der Waals surface area contributed by atoms with E-state index in [1.54, 1.807) is 4.68 Å². The van der Waals surface area contributed by atoms with Gasteiger partial charge in [-0.25, -0.2) is 0 Å². The Morgan fingerprint density at radius 3 is 3.09 bits per heavy atom. The highest BCUT2D eigenvalue weighted by atomic mass is 16.5. The Balaban J connectivity index is 1.87. The Kier molecular flexibility index (Phi) is 4.34. The van der Waals surface area contributed by atoms with Crippen LogP contribution in [0, 0.1) is 13.8 Å². The van der Waals surface area contributed by atoms with E-state index in [0.717, 1.165) is 30.9 Å². The number of nitrogens with one attached hydrogen (secondary N) is 1. The van der Waals surface area contributed by atoms with Crippen LogP contribution in [0.3, 0.4) is 0 Å². The molecule has 5 nitrogen and oxygen atoms in total. The van der Waals surface area contributed by atoms with E-state index in [0.29, 0.717) is 6.54 Å². The summed E-state index contributed by atoms with van der Waals surface area (Å²) in [4.78, 5) is 0. The highest BCUT2D eigenvalue weighted by Gasteiger charge is 2.22. The lowest BCUT2D eigenvalue weighted by atomic mass is 9.97. The van der Waals surface area contributed by atoms with Gasteiger partial charge in [-0.1, -0.05) is 17.7 Å². The van der Waals surface area contributed by atoms with Gasteiger partial charge in [0.25, 0.3) is 0 Å². The number of rotatable bonds is 4. The third-order valence-corrected chi connectivity index (χ3v) is 4.01. The van der Waals surface area contributed by atoms with Crippen LogP contribution < -0.4 is 10.1 Å². The first-order chi connectivity index (χ1) is 10.7. The second-order valence-electron chi connectivity index (χ2n) is 5.90. The van der Waals surface area contributed by atoms with Crippen molar-refractivity contribution >= 4 is 5.69 Å². The van der Waals surface area contributed by atoms with Gasteiger partial charge in [-0.05, 0) is 32.3 Å². The van der Waals surface area contributed by atoms with Crippen LogP contribution in [-0.2, 0) is 6.54 Å². The van der Waals surface area contributed by atoms with Gasteiger partial charge in [0.05, 0.1) is 37.7 Å². The van der Waals surface area contributed by atoms with Crippen molar-refractivity contribution in [3.05, 3.63) is 41.2 Å². The molecule has 2 heterocycles. The third kappa shape index (κ3) is 3.09. The first-order valence-corrected chi connectivity index (χ1v) is 7.81. The standard InChI is InChI=1S/C17H23N3O2/c1-12-8-13(2)17-15(9-12)16(4-3-7-22-17)19-14-10-18-20(11-14)5-6-21/h8-11,16,19,21H,3-7H2,1-2H3. The minimum absolute atomic E-state index is 0.0968. The van der Waals surface area contributed by atoms with Gasteiger partial charge >= 0.3 is 0 Å². The predicted octanol–water partition coefficient (Wildman–Crippen LogP) is 2.82. The Hall–Kier alpha value is -2.01. The summed E-state index contributed by atoms with van der Waals surface area (Å²) < 4.78 is 7.70. The summed E-state index contributed by atoms with van der Waals surface area (Å²) in [6, 6.07) is 4.60. The zero-order valence-electron chi connectivity index (χ0n) is 13.2.